The number of nitrogen functional groups attached to an aromatic ring is 1. The number of carbonyl (C=O) groups is 1. The number of ether oxygens (including phenoxy) is 6. The number of rotatable bonds is 13. The Kier molecular flexibility index (Phi) is 13.8. The van der Waals surface area contributed by atoms with Crippen molar-refractivity contribution < 1.29 is 33.2 Å². The third kappa shape index (κ3) is 9.77. The first-order valence-electron chi connectivity index (χ1n) is 17.1. The van der Waals surface area contributed by atoms with Gasteiger partial charge in [0.25, 0.3) is 0 Å². The second-order valence-corrected chi connectivity index (χ2v) is 12.6. The van der Waals surface area contributed by atoms with E-state index < -0.39 is 0 Å². The number of hydrogen-bond donors (Lipinski definition) is 2. The normalized spacial score (nSPS) is 10.6. The molecule has 288 valence electrons. The molecule has 2 heterocycles. The fourth-order valence-electron chi connectivity index (χ4n) is 5.39. The van der Waals surface area contributed by atoms with Crippen LogP contribution >= 0.6 is 23.2 Å². The van der Waals surface area contributed by atoms with Gasteiger partial charge in [-0.25, -0.2) is 24.7 Å². The summed E-state index contributed by atoms with van der Waals surface area (Å²) in [5.74, 6) is 3.99. The Morgan fingerprint density at radius 2 is 1.11 bits per heavy atom. The van der Waals surface area contributed by atoms with Gasteiger partial charge in [-0.15, -0.1) is 0 Å². The lowest BCUT2D eigenvalue weighted by Gasteiger charge is -2.22. The van der Waals surface area contributed by atoms with Crippen LogP contribution in [0.15, 0.2) is 73.3 Å². The maximum absolute atomic E-state index is 12.6. The van der Waals surface area contributed by atoms with Crippen molar-refractivity contribution in [3.8, 4) is 46.3 Å². The highest BCUT2D eigenvalue weighted by molar-refractivity contribution is 6.34. The number of anilines is 2. The second-order valence-electron chi connectivity index (χ2n) is 11.8. The molecule has 0 bridgehead atoms. The summed E-state index contributed by atoms with van der Waals surface area (Å²) >= 11 is 12.4. The van der Waals surface area contributed by atoms with Crippen LogP contribution in [0, 0.1) is 0 Å². The minimum Gasteiger partial charge on any atom is -0.493 e. The van der Waals surface area contributed by atoms with Gasteiger partial charge in [-0.1, -0.05) is 37.0 Å². The minimum atomic E-state index is -0.174. The Balaban J connectivity index is 0.000000222. The molecule has 0 unspecified atom stereocenters. The number of amides is 2. The number of nitrogens with one attached hydrogen (secondary N) is 1. The van der Waals surface area contributed by atoms with Crippen LogP contribution in [0.2, 0.25) is 10.0 Å². The van der Waals surface area contributed by atoms with Gasteiger partial charge in [0, 0.05) is 37.4 Å². The Hall–Kier alpha value is -5.99. The van der Waals surface area contributed by atoms with E-state index in [9.17, 15) is 4.79 Å². The topological polar surface area (TPSA) is 165 Å². The third-order valence-electron chi connectivity index (χ3n) is 8.07. The third-order valence-corrected chi connectivity index (χ3v) is 8.71. The van der Waals surface area contributed by atoms with E-state index in [1.54, 1.807) is 94.0 Å². The maximum Gasteiger partial charge on any atom is 0.321 e. The molecule has 0 atom stereocenters. The fraction of sp³-hybridized carbons (Fsp3) is 0.256. The van der Waals surface area contributed by atoms with Crippen molar-refractivity contribution in [2.75, 3.05) is 52.6 Å². The van der Waals surface area contributed by atoms with Gasteiger partial charge in [-0.3, -0.25) is 0 Å². The lowest BCUT2D eigenvalue weighted by atomic mass is 10.2. The van der Waals surface area contributed by atoms with Crippen LogP contribution in [0.1, 0.15) is 26.7 Å². The first-order chi connectivity index (χ1) is 26.6. The van der Waals surface area contributed by atoms with Crippen molar-refractivity contribution >= 4 is 62.4 Å². The van der Waals surface area contributed by atoms with Crippen LogP contribution in [0.5, 0.6) is 46.3 Å². The second kappa shape index (κ2) is 18.9. The summed E-state index contributed by atoms with van der Waals surface area (Å²) in [5, 5.41) is 5.00. The summed E-state index contributed by atoms with van der Waals surface area (Å²) in [7, 11) is 6.25. The lowest BCUT2D eigenvalue weighted by molar-refractivity contribution is 0.211. The highest BCUT2D eigenvalue weighted by Crippen LogP contribution is 2.38. The van der Waals surface area contributed by atoms with Gasteiger partial charge in [0.2, 0.25) is 11.8 Å². The van der Waals surface area contributed by atoms with Crippen LogP contribution in [-0.2, 0) is 0 Å². The fourth-order valence-corrected chi connectivity index (χ4v) is 5.77. The molecule has 0 fully saturated rings. The van der Waals surface area contributed by atoms with Gasteiger partial charge in [0.15, 0.2) is 23.0 Å². The highest BCUT2D eigenvalue weighted by atomic mass is 35.5. The molecule has 55 heavy (non-hydrogen) atoms. The lowest BCUT2D eigenvalue weighted by Crippen LogP contribution is -2.36. The van der Waals surface area contributed by atoms with Gasteiger partial charge >= 0.3 is 6.03 Å². The molecule has 6 aromatic rings. The quantitative estimate of drug-likeness (QED) is 0.107. The maximum atomic E-state index is 12.6. The van der Waals surface area contributed by atoms with Crippen LogP contribution in [0.4, 0.5) is 16.2 Å². The molecule has 0 saturated heterocycles. The summed E-state index contributed by atoms with van der Waals surface area (Å²) in [5.41, 5.74) is 8.02. The first kappa shape index (κ1) is 40.2. The van der Waals surface area contributed by atoms with E-state index in [0.717, 1.165) is 12.8 Å². The first-order valence-corrected chi connectivity index (χ1v) is 17.9. The molecule has 4 aromatic carbocycles. The number of aromatic nitrogens is 4. The van der Waals surface area contributed by atoms with E-state index >= 15 is 0 Å². The molecule has 0 saturated carbocycles. The molecule has 6 rings (SSSR count). The molecule has 0 aliphatic rings. The van der Waals surface area contributed by atoms with Crippen molar-refractivity contribution in [2.24, 2.45) is 0 Å². The summed E-state index contributed by atoms with van der Waals surface area (Å²) in [4.78, 5) is 31.3. The molecule has 0 aliphatic heterocycles. The number of nitrogens with zero attached hydrogens (tertiary/aromatic N) is 5. The van der Waals surface area contributed by atoms with Crippen LogP contribution < -0.4 is 39.5 Å². The Bertz CT molecular complexity index is 2270. The number of halogens is 2. The molecular formula is C39H41Cl2N7O7. The SMILES string of the molecule is CCCN(CCC)C(=O)Nc1ccc(Oc2ncnc3cc(OC)c(OC)cc23)cc1Cl.COc1cc2ncnc(Oc3ccc(N)c(Cl)c3)c2cc1OC. The van der Waals surface area contributed by atoms with Crippen LogP contribution in [0.3, 0.4) is 0 Å². The molecule has 0 spiro atoms. The number of urea groups is 1. The van der Waals surface area contributed by atoms with Crippen molar-refractivity contribution in [1.29, 1.82) is 0 Å². The van der Waals surface area contributed by atoms with E-state index in [2.05, 4.69) is 25.3 Å². The average molecular weight is 791 g/mol. The predicted molar refractivity (Wildman–Crippen MR) is 214 cm³/mol. The summed E-state index contributed by atoms with van der Waals surface area (Å²) in [6.45, 7) is 5.45. The average Bonchev–Trinajstić information content (AvgIpc) is 3.19. The largest absolute Gasteiger partial charge is 0.493 e. The monoisotopic (exact) mass is 789 g/mol. The summed E-state index contributed by atoms with van der Waals surface area (Å²) in [6.07, 6.45) is 4.60. The Morgan fingerprint density at radius 1 is 0.655 bits per heavy atom. The Morgan fingerprint density at radius 3 is 1.55 bits per heavy atom. The van der Waals surface area contributed by atoms with Crippen molar-refractivity contribution in [3.05, 3.63) is 83.4 Å². The van der Waals surface area contributed by atoms with E-state index in [1.165, 1.54) is 12.7 Å². The van der Waals surface area contributed by atoms with E-state index in [0.29, 0.717) is 103 Å². The molecule has 14 nitrogen and oxygen atoms in total. The molecule has 0 aliphatic carbocycles. The van der Waals surface area contributed by atoms with Gasteiger partial charge in [0.1, 0.15) is 24.2 Å². The van der Waals surface area contributed by atoms with Crippen LogP contribution in [0.25, 0.3) is 21.8 Å². The van der Waals surface area contributed by atoms with Gasteiger partial charge in [0.05, 0.1) is 71.7 Å². The zero-order chi connectivity index (χ0) is 39.5. The number of carbonyl (C=O) groups excluding carboxylic acids is 1. The zero-order valence-corrected chi connectivity index (χ0v) is 32.7. The smallest absolute Gasteiger partial charge is 0.321 e. The van der Waals surface area contributed by atoms with Gasteiger partial charge in [-0.2, -0.15) is 0 Å². The number of methoxy groups -OCH3 is 4. The van der Waals surface area contributed by atoms with Gasteiger partial charge < -0.3 is 44.4 Å². The zero-order valence-electron chi connectivity index (χ0n) is 31.2. The number of hydrogen-bond acceptors (Lipinski definition) is 12. The van der Waals surface area contributed by atoms with E-state index in [-0.39, 0.29) is 6.03 Å². The van der Waals surface area contributed by atoms with Crippen LogP contribution in [-0.4, -0.2) is 72.4 Å². The summed E-state index contributed by atoms with van der Waals surface area (Å²) < 4.78 is 33.1. The molecular weight excluding hydrogens is 749 g/mol. The highest BCUT2D eigenvalue weighted by Gasteiger charge is 2.17. The molecule has 0 radical (unpaired) electrons. The van der Waals surface area contributed by atoms with E-state index in [1.807, 2.05) is 13.8 Å². The van der Waals surface area contributed by atoms with E-state index in [4.69, 9.17) is 57.4 Å². The number of fused-ring (bicyclic) bond motifs is 2. The molecule has 2 aromatic heterocycles. The van der Waals surface area contributed by atoms with Crippen molar-refractivity contribution in [2.45, 2.75) is 26.7 Å². The standard InChI is InChI=1S/C23H27ClN4O4.C16H14ClN3O3/c1-5-9-28(10-6-2)23(29)27-18-8-7-15(11-17(18)24)32-22-16-12-20(30-3)21(31-4)13-19(16)25-14-26-22;1-21-14-6-10-13(7-15(14)22-2)19-8-20-16(10)23-9-3-4-12(18)11(17)5-9/h7-8,11-14H,5-6,9-10H2,1-4H3,(H,27,29);3-8H,18H2,1-2H3. The predicted octanol–water partition coefficient (Wildman–Crippen LogP) is 9.42. The summed E-state index contributed by atoms with van der Waals surface area (Å²) in [6, 6.07) is 17.0. The number of benzene rings is 4. The van der Waals surface area contributed by atoms with Crippen molar-refractivity contribution in [1.82, 2.24) is 24.8 Å². The molecule has 3 N–H and O–H groups in total. The number of nitrogens with two attached hydrogens (primary N) is 1. The molecule has 2 amide bonds. The molecule has 16 heteroatoms. The van der Waals surface area contributed by atoms with Gasteiger partial charge in [-0.05, 0) is 49.2 Å². The van der Waals surface area contributed by atoms with Crippen molar-refractivity contribution in [3.63, 3.8) is 0 Å². The minimum absolute atomic E-state index is 0.174. The Labute approximate surface area is 328 Å².